The van der Waals surface area contributed by atoms with Crippen LogP contribution in [0.15, 0.2) is 20.3 Å². The second-order valence-electron chi connectivity index (χ2n) is 5.02. The van der Waals surface area contributed by atoms with Crippen molar-refractivity contribution in [3.8, 4) is 11.4 Å². The Balaban J connectivity index is 0.000000445. The number of hydrogen-bond acceptors (Lipinski definition) is 8. The Labute approximate surface area is 148 Å². The molecule has 2 aromatic rings. The number of methoxy groups -OCH3 is 1. The number of halogens is 3. The quantitative estimate of drug-likeness (QED) is 0.691. The number of hydrogen-bond donors (Lipinski definition) is 2. The molecule has 14 heteroatoms. The molecule has 2 rings (SSSR count). The van der Waals surface area contributed by atoms with Crippen LogP contribution in [0.5, 0.6) is 0 Å². The van der Waals surface area contributed by atoms with Gasteiger partial charge in [0.15, 0.2) is 0 Å². The van der Waals surface area contributed by atoms with Crippen LogP contribution in [0.3, 0.4) is 0 Å². The molecule has 0 aliphatic rings. The van der Waals surface area contributed by atoms with E-state index < -0.39 is 29.5 Å². The lowest BCUT2D eigenvalue weighted by molar-refractivity contribution is -0.192. The number of carbonyl (C=O) groups is 1. The number of aromatic nitrogens is 4. The molecule has 1 atom stereocenters. The van der Waals surface area contributed by atoms with Gasteiger partial charge in [0.05, 0.1) is 0 Å². The van der Waals surface area contributed by atoms with Gasteiger partial charge in [-0.05, 0) is 0 Å². The van der Waals surface area contributed by atoms with Gasteiger partial charge in [0.1, 0.15) is 11.7 Å². The number of aryl methyl sites for hydroxylation is 1. The Hall–Kier alpha value is -3.00. The van der Waals surface area contributed by atoms with Crippen molar-refractivity contribution in [2.75, 3.05) is 13.7 Å². The van der Waals surface area contributed by atoms with Gasteiger partial charge in [-0.1, -0.05) is 5.16 Å². The Morgan fingerprint density at radius 2 is 1.96 bits per heavy atom. The molecular weight excluding hydrogens is 379 g/mol. The molecule has 27 heavy (non-hydrogen) atoms. The third kappa shape index (κ3) is 5.24. The molecule has 0 spiro atoms. The highest BCUT2D eigenvalue weighted by Crippen LogP contribution is 2.17. The van der Waals surface area contributed by atoms with Gasteiger partial charge in [0, 0.05) is 33.9 Å². The van der Waals surface area contributed by atoms with Crippen molar-refractivity contribution in [2.24, 2.45) is 19.8 Å². The summed E-state index contributed by atoms with van der Waals surface area (Å²) < 4.78 is 44.1. The average Bonchev–Trinajstić information content (AvgIpc) is 3.06. The Kier molecular flexibility index (Phi) is 7.01. The van der Waals surface area contributed by atoms with Crippen molar-refractivity contribution < 1.29 is 32.3 Å². The van der Waals surface area contributed by atoms with E-state index in [2.05, 4.69) is 10.1 Å². The van der Waals surface area contributed by atoms with Crippen molar-refractivity contribution in [3.63, 3.8) is 0 Å². The van der Waals surface area contributed by atoms with Crippen molar-refractivity contribution in [1.82, 2.24) is 19.3 Å². The molecule has 150 valence electrons. The second-order valence-corrected chi connectivity index (χ2v) is 5.02. The Morgan fingerprint density at radius 1 is 1.41 bits per heavy atom. The van der Waals surface area contributed by atoms with Crippen LogP contribution in [0, 0.1) is 0 Å². The summed E-state index contributed by atoms with van der Waals surface area (Å²) in [6, 6.07) is 0. The minimum absolute atomic E-state index is 0.0895. The maximum Gasteiger partial charge on any atom is 0.490 e. The van der Waals surface area contributed by atoms with Crippen molar-refractivity contribution in [1.29, 1.82) is 0 Å². The first-order valence-corrected chi connectivity index (χ1v) is 7.07. The number of rotatable bonds is 4. The topological polar surface area (TPSA) is 155 Å². The predicted octanol–water partition coefficient (Wildman–Crippen LogP) is -0.586. The fraction of sp³-hybridized carbons (Fsp3) is 0.462. The zero-order chi connectivity index (χ0) is 20.9. The van der Waals surface area contributed by atoms with Gasteiger partial charge in [0.25, 0.3) is 11.4 Å². The van der Waals surface area contributed by atoms with E-state index in [-0.39, 0.29) is 23.8 Å². The van der Waals surface area contributed by atoms with E-state index in [0.717, 1.165) is 4.57 Å². The van der Waals surface area contributed by atoms with Crippen LogP contribution in [0.2, 0.25) is 0 Å². The molecule has 0 fully saturated rings. The van der Waals surface area contributed by atoms with Gasteiger partial charge in [0.2, 0.25) is 5.82 Å². The average molecular weight is 395 g/mol. The second kappa shape index (κ2) is 8.59. The molecule has 0 unspecified atom stereocenters. The molecular formula is C13H16F3N5O6. The first-order valence-electron chi connectivity index (χ1n) is 7.07. The molecule has 0 saturated carbocycles. The smallest absolute Gasteiger partial charge is 0.475 e. The maximum atomic E-state index is 12.0. The normalized spacial score (nSPS) is 12.3. The summed E-state index contributed by atoms with van der Waals surface area (Å²) in [5.41, 5.74) is 4.73. The van der Waals surface area contributed by atoms with Crippen LogP contribution in [-0.2, 0) is 23.6 Å². The fourth-order valence-electron chi connectivity index (χ4n) is 1.73. The van der Waals surface area contributed by atoms with Gasteiger partial charge in [-0.25, -0.2) is 9.59 Å². The van der Waals surface area contributed by atoms with Crippen LogP contribution in [0.4, 0.5) is 13.2 Å². The first-order chi connectivity index (χ1) is 12.4. The SMILES string of the molecule is CO[C@@H](CN)c1nc(-c2cn(C)c(=O)n(C)c2=O)no1.O=C(O)C(F)(F)F. The molecule has 0 saturated heterocycles. The number of alkyl halides is 3. The molecule has 2 heterocycles. The molecule has 0 aliphatic heterocycles. The lowest BCUT2D eigenvalue weighted by Crippen LogP contribution is -2.37. The third-order valence-corrected chi connectivity index (χ3v) is 3.15. The molecule has 0 amide bonds. The number of ether oxygens (including phenoxy) is 1. The fourth-order valence-corrected chi connectivity index (χ4v) is 1.73. The summed E-state index contributed by atoms with van der Waals surface area (Å²) >= 11 is 0. The Bertz CT molecular complexity index is 912. The maximum absolute atomic E-state index is 12.0. The van der Waals surface area contributed by atoms with Crippen LogP contribution in [-0.4, -0.2) is 50.2 Å². The first kappa shape index (κ1) is 22.0. The lowest BCUT2D eigenvalue weighted by atomic mass is 10.3. The van der Waals surface area contributed by atoms with Crippen molar-refractivity contribution in [2.45, 2.75) is 12.3 Å². The van der Waals surface area contributed by atoms with Gasteiger partial charge in [-0.2, -0.15) is 18.2 Å². The van der Waals surface area contributed by atoms with E-state index in [9.17, 15) is 22.8 Å². The monoisotopic (exact) mass is 395 g/mol. The standard InChI is InChI=1S/C11H15N5O4.C2HF3O2/c1-15-5-6(10(17)16(2)11(15)18)8-13-9(20-14-8)7(4-12)19-3;3-2(4,5)1(6)7/h5,7H,4,12H2,1-3H3;(H,6,7)/t7-;/m0./s1. The number of aliphatic carboxylic acids is 1. The van der Waals surface area contributed by atoms with Crippen LogP contribution < -0.4 is 17.0 Å². The van der Waals surface area contributed by atoms with Crippen molar-refractivity contribution >= 4 is 5.97 Å². The van der Waals surface area contributed by atoms with E-state index in [1.54, 1.807) is 0 Å². The minimum Gasteiger partial charge on any atom is -0.475 e. The van der Waals surface area contributed by atoms with E-state index in [4.69, 9.17) is 24.9 Å². The van der Waals surface area contributed by atoms with Crippen LogP contribution in [0.1, 0.15) is 12.0 Å². The van der Waals surface area contributed by atoms with Crippen LogP contribution in [0.25, 0.3) is 11.4 Å². The highest BCUT2D eigenvalue weighted by Gasteiger charge is 2.38. The van der Waals surface area contributed by atoms with Gasteiger partial charge in [-0.3, -0.25) is 9.36 Å². The van der Waals surface area contributed by atoms with Crippen LogP contribution >= 0.6 is 0 Å². The van der Waals surface area contributed by atoms with E-state index in [1.165, 1.54) is 32.0 Å². The predicted molar refractivity (Wildman–Crippen MR) is 82.7 cm³/mol. The summed E-state index contributed by atoms with van der Waals surface area (Å²) in [6.45, 7) is 0.170. The summed E-state index contributed by atoms with van der Waals surface area (Å²) in [7, 11) is 4.38. The Morgan fingerprint density at radius 3 is 2.41 bits per heavy atom. The van der Waals surface area contributed by atoms with Gasteiger partial charge in [-0.15, -0.1) is 0 Å². The number of nitrogens with two attached hydrogens (primary N) is 1. The zero-order valence-corrected chi connectivity index (χ0v) is 14.4. The van der Waals surface area contributed by atoms with Gasteiger partial charge < -0.3 is 24.7 Å². The zero-order valence-electron chi connectivity index (χ0n) is 14.4. The summed E-state index contributed by atoms with van der Waals surface area (Å²) in [4.78, 5) is 36.6. The highest BCUT2D eigenvalue weighted by molar-refractivity contribution is 5.73. The lowest BCUT2D eigenvalue weighted by Gasteiger charge is -2.05. The number of carboxylic acid groups (broad SMARTS) is 1. The number of nitrogens with zero attached hydrogens (tertiary/aromatic N) is 4. The van der Waals surface area contributed by atoms with E-state index in [0.29, 0.717) is 0 Å². The molecule has 0 aromatic carbocycles. The molecule has 0 radical (unpaired) electrons. The number of carboxylic acids is 1. The van der Waals surface area contributed by atoms with E-state index in [1.807, 2.05) is 0 Å². The largest absolute Gasteiger partial charge is 0.490 e. The summed E-state index contributed by atoms with van der Waals surface area (Å²) in [6.07, 6.45) is -4.25. The minimum atomic E-state index is -5.08. The molecule has 0 aliphatic carbocycles. The van der Waals surface area contributed by atoms with Gasteiger partial charge >= 0.3 is 17.8 Å². The summed E-state index contributed by atoms with van der Waals surface area (Å²) in [5, 5.41) is 10.9. The molecule has 2 aromatic heterocycles. The summed E-state index contributed by atoms with van der Waals surface area (Å²) in [5.74, 6) is -2.49. The van der Waals surface area contributed by atoms with Crippen molar-refractivity contribution in [3.05, 3.63) is 32.9 Å². The molecule has 0 bridgehead atoms. The van der Waals surface area contributed by atoms with E-state index >= 15 is 0 Å². The third-order valence-electron chi connectivity index (χ3n) is 3.15. The molecule has 11 nitrogen and oxygen atoms in total. The highest BCUT2D eigenvalue weighted by atomic mass is 19.4. The molecule has 3 N–H and O–H groups in total.